The van der Waals surface area contributed by atoms with Crippen molar-refractivity contribution in [3.05, 3.63) is 78.9 Å². The standard InChI is InChI=1S/C122H221N3O10S2/c1-7-13-19-25-31-37-43-49-55-61-67-73-79-89-105-130-117-98-95-114(111-120(117)133-108-92-82-76-70-64-58-52-46-40-34-28-22-16-10-4)125(103-87-85-101-123-136(126,127)115-96-99-118(131-106-90-80-74-68-62-56-50-44-38-32-26-20-14-8-2)121(112-115)134-109-93-83-77-71-65-59-53-47-41-35-29-23-17-11-5)104-88-86-102-124-137(128,129)116-97-100-119(132-107-91-81-75-69-63-57-51-45-39-33-27-21-15-9-3)122(113-116)135-110-94-84-78-72-66-60-54-48-42-36-30-24-18-12-6/h85-88,95-100,111-113,123-124H,7-84,89-94,101-110H2,1-6H3/b87-85+,88-86+. The van der Waals surface area contributed by atoms with Crippen LogP contribution in [0.2, 0.25) is 0 Å². The number of rotatable bonds is 109. The lowest BCUT2D eigenvalue weighted by Gasteiger charge is -2.24. The molecule has 137 heavy (non-hydrogen) atoms. The largest absolute Gasteiger partial charge is 0.490 e. The summed E-state index contributed by atoms with van der Waals surface area (Å²) < 4.78 is 103. The molecule has 0 atom stereocenters. The van der Waals surface area contributed by atoms with Crippen molar-refractivity contribution >= 4 is 25.7 Å². The van der Waals surface area contributed by atoms with Crippen molar-refractivity contribution in [3.8, 4) is 34.5 Å². The normalized spacial score (nSPS) is 12.0. The Kier molecular flexibility index (Phi) is 89.1. The summed E-state index contributed by atoms with van der Waals surface area (Å²) >= 11 is 0. The Morgan fingerprint density at radius 2 is 0.358 bits per heavy atom. The minimum absolute atomic E-state index is 0.0683. The minimum Gasteiger partial charge on any atom is -0.490 e. The van der Waals surface area contributed by atoms with Crippen LogP contribution in [0.4, 0.5) is 5.69 Å². The van der Waals surface area contributed by atoms with E-state index in [1.807, 2.05) is 30.4 Å². The monoisotopic (exact) mass is 1950 g/mol. The fraction of sp³-hybridized carbons (Fsp3) is 0.820. The zero-order valence-corrected chi connectivity index (χ0v) is 92.5. The molecule has 3 aromatic rings. The van der Waals surface area contributed by atoms with Gasteiger partial charge in [0.1, 0.15) is 0 Å². The number of sulfonamides is 2. The summed E-state index contributed by atoms with van der Waals surface area (Å²) in [6, 6.07) is 16.4. The van der Waals surface area contributed by atoms with Crippen LogP contribution < -0.4 is 42.8 Å². The Hall–Kier alpha value is -4.44. The maximum absolute atomic E-state index is 14.4. The molecule has 0 radical (unpaired) electrons. The summed E-state index contributed by atoms with van der Waals surface area (Å²) in [5.74, 6) is 3.59. The molecular formula is C122H221N3O10S2. The molecule has 0 spiro atoms. The van der Waals surface area contributed by atoms with Gasteiger partial charge in [0.25, 0.3) is 0 Å². The molecule has 0 aliphatic heterocycles. The molecule has 0 saturated carbocycles. The van der Waals surface area contributed by atoms with E-state index < -0.39 is 20.0 Å². The highest BCUT2D eigenvalue weighted by molar-refractivity contribution is 7.89. The van der Waals surface area contributed by atoms with E-state index in [0.717, 1.165) is 88.5 Å². The molecule has 0 aliphatic rings. The van der Waals surface area contributed by atoms with Crippen LogP contribution >= 0.6 is 0 Å². The quantitative estimate of drug-likeness (QED) is 0.0410. The first-order valence-corrected chi connectivity index (χ1v) is 62.7. The van der Waals surface area contributed by atoms with Crippen LogP contribution in [-0.4, -0.2) is 82.7 Å². The van der Waals surface area contributed by atoms with Gasteiger partial charge >= 0.3 is 0 Å². The number of hydrogen-bond acceptors (Lipinski definition) is 11. The highest BCUT2D eigenvalue weighted by Gasteiger charge is 2.21. The molecule has 0 saturated heterocycles. The first-order chi connectivity index (χ1) is 67.5. The number of ether oxygens (including phenoxy) is 6. The van der Waals surface area contributed by atoms with Crippen molar-refractivity contribution in [2.45, 2.75) is 591 Å². The highest BCUT2D eigenvalue weighted by atomic mass is 32.2. The molecule has 13 nitrogen and oxygen atoms in total. The van der Waals surface area contributed by atoms with E-state index in [4.69, 9.17) is 28.4 Å². The first kappa shape index (κ1) is 127. The van der Waals surface area contributed by atoms with Gasteiger partial charge in [-0.1, -0.05) is 567 Å². The summed E-state index contributed by atoms with van der Waals surface area (Å²) in [6.45, 7) is 18.0. The van der Waals surface area contributed by atoms with Crippen molar-refractivity contribution in [1.29, 1.82) is 0 Å². The summed E-state index contributed by atoms with van der Waals surface area (Å²) in [4.78, 5) is 2.48. The second-order valence-corrected chi connectivity index (χ2v) is 44.6. The second kappa shape index (κ2) is 96.4. The van der Waals surface area contributed by atoms with E-state index in [1.165, 1.54) is 462 Å². The molecular weight excluding hydrogens is 1730 g/mol. The van der Waals surface area contributed by atoms with E-state index in [-0.39, 0.29) is 22.9 Å². The van der Waals surface area contributed by atoms with Gasteiger partial charge in [-0.25, -0.2) is 26.3 Å². The molecule has 0 heterocycles. The topological polar surface area (TPSA) is 151 Å². The van der Waals surface area contributed by atoms with E-state index >= 15 is 0 Å². The van der Waals surface area contributed by atoms with Crippen LogP contribution in [0.25, 0.3) is 0 Å². The lowest BCUT2D eigenvalue weighted by atomic mass is 10.0. The fourth-order valence-corrected chi connectivity index (χ4v) is 20.9. The smallest absolute Gasteiger partial charge is 0.240 e. The molecule has 0 unspecified atom stereocenters. The summed E-state index contributed by atoms with van der Waals surface area (Å²) in [7, 11) is -7.94. The van der Waals surface area contributed by atoms with E-state index in [2.05, 4.69) is 68.0 Å². The maximum Gasteiger partial charge on any atom is 0.240 e. The molecule has 2 N–H and O–H groups in total. The zero-order chi connectivity index (χ0) is 98.1. The van der Waals surface area contributed by atoms with Gasteiger partial charge in [0.05, 0.1) is 49.4 Å². The van der Waals surface area contributed by atoms with Crippen molar-refractivity contribution < 1.29 is 45.3 Å². The minimum atomic E-state index is -3.97. The van der Waals surface area contributed by atoms with E-state index in [1.54, 1.807) is 36.4 Å². The third-order valence-corrected chi connectivity index (χ3v) is 30.9. The predicted octanol–water partition coefficient (Wildman–Crippen LogP) is 38.7. The summed E-state index contributed by atoms with van der Waals surface area (Å²) in [5.41, 5.74) is 0.904. The van der Waals surface area contributed by atoms with Crippen molar-refractivity contribution in [3.63, 3.8) is 0 Å². The van der Waals surface area contributed by atoms with E-state index in [0.29, 0.717) is 81.5 Å². The van der Waals surface area contributed by atoms with Crippen molar-refractivity contribution in [2.24, 2.45) is 0 Å². The van der Waals surface area contributed by atoms with Crippen molar-refractivity contribution in [1.82, 2.24) is 9.44 Å². The Morgan fingerprint density at radius 3 is 0.547 bits per heavy atom. The molecule has 796 valence electrons. The van der Waals surface area contributed by atoms with Crippen LogP contribution in [-0.2, 0) is 20.0 Å². The number of nitrogens with zero attached hydrogens (tertiary/aromatic N) is 1. The van der Waals surface area contributed by atoms with Gasteiger partial charge in [-0.15, -0.1) is 0 Å². The molecule has 0 bridgehead atoms. The van der Waals surface area contributed by atoms with Crippen LogP contribution in [0, 0.1) is 0 Å². The van der Waals surface area contributed by atoms with Gasteiger partial charge in [0, 0.05) is 50.1 Å². The Bertz CT molecular complexity index is 3220. The lowest BCUT2D eigenvalue weighted by Crippen LogP contribution is -2.26. The summed E-state index contributed by atoms with van der Waals surface area (Å²) in [5, 5.41) is 0. The number of nitrogens with one attached hydrogen (secondary N) is 2. The maximum atomic E-state index is 14.4. The Morgan fingerprint density at radius 1 is 0.197 bits per heavy atom. The average Bonchev–Trinajstić information content (AvgIpc) is 0.826. The van der Waals surface area contributed by atoms with Gasteiger partial charge < -0.3 is 33.3 Å². The van der Waals surface area contributed by atoms with Gasteiger partial charge in [-0.3, -0.25) is 0 Å². The van der Waals surface area contributed by atoms with Gasteiger partial charge in [-0.05, 0) is 74.9 Å². The van der Waals surface area contributed by atoms with Crippen LogP contribution in [0.1, 0.15) is 581 Å². The Balaban J connectivity index is 1.88. The van der Waals surface area contributed by atoms with Crippen molar-refractivity contribution in [2.75, 3.05) is 70.7 Å². The lowest BCUT2D eigenvalue weighted by molar-refractivity contribution is 0.257. The highest BCUT2D eigenvalue weighted by Crippen LogP contribution is 2.36. The number of unbranched alkanes of at least 4 members (excludes halogenated alkanes) is 78. The Labute approximate surface area is 849 Å². The molecule has 0 fully saturated rings. The SMILES string of the molecule is CCCCCCCCCCCCCCCCOc1ccc(N(C/C=C/CNS(=O)(=O)c2ccc(OCCCCCCCCCCCCCCCC)c(OCCCCCCCCCCCCCCCC)c2)C/C=C/CNS(=O)(=O)c2ccc(OCCCCCCCCCCCCCCCC)c(OCCCCCCCCCCCCCCCC)c2)cc1OCCCCCCCCCCCCCCCC. The molecule has 0 aliphatic carbocycles. The molecule has 0 aromatic heterocycles. The van der Waals surface area contributed by atoms with Gasteiger partial charge in [0.15, 0.2) is 34.5 Å². The second-order valence-electron chi connectivity index (χ2n) is 41.1. The molecule has 3 rings (SSSR count). The summed E-state index contributed by atoms with van der Waals surface area (Å²) in [6.07, 6.45) is 116. The van der Waals surface area contributed by atoms with Gasteiger partial charge in [0.2, 0.25) is 20.0 Å². The first-order valence-electron chi connectivity index (χ1n) is 59.8. The van der Waals surface area contributed by atoms with Crippen LogP contribution in [0.3, 0.4) is 0 Å². The van der Waals surface area contributed by atoms with Crippen LogP contribution in [0.5, 0.6) is 34.5 Å². The zero-order valence-electron chi connectivity index (χ0n) is 90.8. The third kappa shape index (κ3) is 75.9. The molecule has 15 heteroatoms. The van der Waals surface area contributed by atoms with Gasteiger partial charge in [-0.2, -0.15) is 0 Å². The predicted molar refractivity (Wildman–Crippen MR) is 595 cm³/mol. The van der Waals surface area contributed by atoms with E-state index in [9.17, 15) is 16.8 Å². The third-order valence-electron chi connectivity index (χ3n) is 28.0. The number of anilines is 1. The molecule has 0 amide bonds. The number of benzene rings is 3. The molecule has 3 aromatic carbocycles. The fourth-order valence-electron chi connectivity index (χ4n) is 18.9. The van der Waals surface area contributed by atoms with Crippen LogP contribution in [0.15, 0.2) is 88.7 Å². The number of hydrogen-bond donors (Lipinski definition) is 2. The average molecular weight is 1950 g/mol.